The minimum absolute atomic E-state index is 0.0656. The lowest BCUT2D eigenvalue weighted by molar-refractivity contribution is -0.111. The smallest absolute Gasteiger partial charge is 0.412 e. The molecule has 2 amide bonds. The highest BCUT2D eigenvalue weighted by atomic mass is 16.6. The first kappa shape index (κ1) is 27.9. The fourth-order valence-corrected chi connectivity index (χ4v) is 4.33. The number of para-hydroxylation sites is 2. The number of allylic oxidation sites excluding steroid dienone is 1. The van der Waals surface area contributed by atoms with Gasteiger partial charge in [-0.05, 0) is 80.1 Å². The van der Waals surface area contributed by atoms with Crippen LogP contribution in [-0.4, -0.2) is 22.9 Å². The number of carbonyl (C=O) groups excluding carboxylic acids is 3. The Morgan fingerprint density at radius 3 is 2.33 bits per heavy atom. The number of hydrogen-bond donors (Lipinski definition) is 4. The molecule has 4 aromatic carbocycles. The van der Waals surface area contributed by atoms with Gasteiger partial charge in [0, 0.05) is 22.2 Å². The molecule has 0 saturated carbocycles. The Labute approximate surface area is 232 Å². The largest absolute Gasteiger partial charge is 0.507 e. The van der Waals surface area contributed by atoms with Gasteiger partial charge in [0.1, 0.15) is 11.9 Å². The van der Waals surface area contributed by atoms with Gasteiger partial charge in [0.2, 0.25) is 5.91 Å². The van der Waals surface area contributed by atoms with E-state index in [2.05, 4.69) is 10.6 Å². The van der Waals surface area contributed by atoms with Crippen molar-refractivity contribution in [2.24, 2.45) is 0 Å². The van der Waals surface area contributed by atoms with E-state index in [-0.39, 0.29) is 17.4 Å². The average molecular weight is 538 g/mol. The van der Waals surface area contributed by atoms with Gasteiger partial charge in [-0.15, -0.1) is 0 Å². The van der Waals surface area contributed by atoms with Crippen LogP contribution in [0.3, 0.4) is 0 Å². The number of carbonyl (C=O) groups is 3. The van der Waals surface area contributed by atoms with E-state index in [4.69, 9.17) is 10.5 Å². The molecule has 0 saturated heterocycles. The van der Waals surface area contributed by atoms with E-state index < -0.39 is 12.2 Å². The number of ether oxygens (including phenoxy) is 1. The fourth-order valence-electron chi connectivity index (χ4n) is 4.33. The number of fused-ring (bicyclic) bond motifs is 1. The Morgan fingerprint density at radius 2 is 1.60 bits per heavy atom. The maximum atomic E-state index is 12.9. The summed E-state index contributed by atoms with van der Waals surface area (Å²) < 4.78 is 5.87. The monoisotopic (exact) mass is 537 g/mol. The summed E-state index contributed by atoms with van der Waals surface area (Å²) >= 11 is 0. The van der Waals surface area contributed by atoms with Crippen LogP contribution in [0.4, 0.5) is 21.9 Å². The number of nitrogen functional groups attached to an aromatic ring is 1. The molecule has 0 aliphatic carbocycles. The van der Waals surface area contributed by atoms with Gasteiger partial charge < -0.3 is 20.9 Å². The van der Waals surface area contributed by atoms with Crippen LogP contribution in [-0.2, 0) is 9.53 Å². The third-order valence-electron chi connectivity index (χ3n) is 6.39. The molecule has 1 atom stereocenters. The highest BCUT2D eigenvalue weighted by Gasteiger charge is 2.20. The Bertz CT molecular complexity index is 1550. The number of aromatic hydroxyl groups is 1. The molecule has 0 aliphatic heterocycles. The normalized spacial score (nSPS) is 11.7. The Morgan fingerprint density at radius 1 is 0.900 bits per heavy atom. The molecule has 0 aliphatic rings. The minimum Gasteiger partial charge on any atom is -0.507 e. The van der Waals surface area contributed by atoms with Crippen LogP contribution in [0, 0.1) is 0 Å². The summed E-state index contributed by atoms with van der Waals surface area (Å²) in [4.78, 5) is 36.7. The topological polar surface area (TPSA) is 131 Å². The summed E-state index contributed by atoms with van der Waals surface area (Å²) in [5, 5.41) is 17.2. The standard InChI is InChI=1S/C32H31N3O5/c1-21(36)22-15-17-23(18-16-22)34-32(39)40-30(26-19-20-29(37)25-10-6-5-9-24(25)26)13-3-2-4-14-31(38)35-28-12-8-7-11-27(28)33/h4-12,14-20,30,37H,2-3,13,33H2,1H3,(H,34,39)(H,35,38)/b14-4+/t30-/m0/s1. The zero-order chi connectivity index (χ0) is 28.5. The van der Waals surface area contributed by atoms with E-state index in [0.29, 0.717) is 47.3 Å². The van der Waals surface area contributed by atoms with Crippen LogP contribution in [0.5, 0.6) is 5.75 Å². The van der Waals surface area contributed by atoms with E-state index in [1.807, 2.05) is 24.3 Å². The molecule has 204 valence electrons. The van der Waals surface area contributed by atoms with E-state index in [1.54, 1.807) is 66.7 Å². The van der Waals surface area contributed by atoms with Crippen LogP contribution in [0.25, 0.3) is 10.8 Å². The summed E-state index contributed by atoms with van der Waals surface area (Å²) in [7, 11) is 0. The lowest BCUT2D eigenvalue weighted by atomic mass is 9.96. The third kappa shape index (κ3) is 7.26. The number of hydrogen-bond acceptors (Lipinski definition) is 6. The second-order valence-electron chi connectivity index (χ2n) is 9.28. The summed E-state index contributed by atoms with van der Waals surface area (Å²) in [5.41, 5.74) is 8.71. The fraction of sp³-hybridized carbons (Fsp3) is 0.156. The predicted octanol–water partition coefficient (Wildman–Crippen LogP) is 6.99. The molecule has 0 bridgehead atoms. The number of amides is 2. The first-order valence-corrected chi connectivity index (χ1v) is 12.9. The lowest BCUT2D eigenvalue weighted by Gasteiger charge is -2.21. The van der Waals surface area contributed by atoms with Crippen molar-refractivity contribution in [2.75, 3.05) is 16.4 Å². The Hall–Kier alpha value is -5.11. The van der Waals surface area contributed by atoms with Gasteiger partial charge in [0.25, 0.3) is 0 Å². The first-order chi connectivity index (χ1) is 19.3. The van der Waals surface area contributed by atoms with Crippen molar-refractivity contribution in [3.63, 3.8) is 0 Å². The number of anilines is 3. The van der Waals surface area contributed by atoms with Gasteiger partial charge in [-0.25, -0.2) is 4.79 Å². The van der Waals surface area contributed by atoms with Gasteiger partial charge in [-0.1, -0.05) is 48.5 Å². The van der Waals surface area contributed by atoms with Gasteiger partial charge >= 0.3 is 6.09 Å². The van der Waals surface area contributed by atoms with Crippen LogP contribution in [0.15, 0.2) is 97.1 Å². The molecule has 8 nitrogen and oxygen atoms in total. The van der Waals surface area contributed by atoms with Crippen LogP contribution >= 0.6 is 0 Å². The van der Waals surface area contributed by atoms with Crippen molar-refractivity contribution in [3.05, 3.63) is 108 Å². The van der Waals surface area contributed by atoms with Crippen molar-refractivity contribution in [2.45, 2.75) is 32.3 Å². The molecular weight excluding hydrogens is 506 g/mol. The molecule has 4 rings (SSSR count). The van der Waals surface area contributed by atoms with Crippen LogP contribution in [0.2, 0.25) is 0 Å². The number of benzene rings is 4. The summed E-state index contributed by atoms with van der Waals surface area (Å²) in [6.45, 7) is 1.48. The zero-order valence-corrected chi connectivity index (χ0v) is 22.1. The molecule has 0 radical (unpaired) electrons. The summed E-state index contributed by atoms with van der Waals surface area (Å²) in [6, 6.07) is 24.3. The second-order valence-corrected chi connectivity index (χ2v) is 9.28. The second kappa shape index (κ2) is 13.1. The molecule has 0 aromatic heterocycles. The quantitative estimate of drug-likeness (QED) is 0.0747. The van der Waals surface area contributed by atoms with E-state index in [1.165, 1.54) is 13.0 Å². The van der Waals surface area contributed by atoms with Crippen molar-refractivity contribution in [1.29, 1.82) is 0 Å². The van der Waals surface area contributed by atoms with Gasteiger partial charge in [0.15, 0.2) is 5.78 Å². The van der Waals surface area contributed by atoms with E-state index in [0.717, 1.165) is 10.9 Å². The molecule has 0 unspecified atom stereocenters. The van der Waals surface area contributed by atoms with Crippen LogP contribution < -0.4 is 16.4 Å². The van der Waals surface area contributed by atoms with Gasteiger partial charge in [0.05, 0.1) is 11.4 Å². The lowest BCUT2D eigenvalue weighted by Crippen LogP contribution is -2.18. The number of unbranched alkanes of at least 4 members (excludes halogenated alkanes) is 1. The number of ketones is 1. The molecule has 0 fully saturated rings. The number of rotatable bonds is 10. The van der Waals surface area contributed by atoms with E-state index in [9.17, 15) is 19.5 Å². The molecular formula is C32H31N3O5. The highest BCUT2D eigenvalue weighted by molar-refractivity contribution is 6.01. The Kier molecular flexibility index (Phi) is 9.15. The average Bonchev–Trinajstić information content (AvgIpc) is 2.94. The number of nitrogens with one attached hydrogen (secondary N) is 2. The summed E-state index contributed by atoms with van der Waals surface area (Å²) in [5.74, 6) is -0.212. The maximum absolute atomic E-state index is 12.9. The van der Waals surface area contributed by atoms with Gasteiger partial charge in [-0.3, -0.25) is 14.9 Å². The number of nitrogens with two attached hydrogens (primary N) is 1. The molecule has 0 spiro atoms. The maximum Gasteiger partial charge on any atom is 0.412 e. The highest BCUT2D eigenvalue weighted by Crippen LogP contribution is 2.35. The number of Topliss-reactive ketones (excluding diaryl/α,β-unsaturated/α-hetero) is 1. The number of phenols is 1. The SMILES string of the molecule is CC(=O)c1ccc(NC(=O)O[C@@H](CCC/C=C/C(=O)Nc2ccccc2N)c2ccc(O)c3ccccc23)cc1. The first-order valence-electron chi connectivity index (χ1n) is 12.9. The van der Waals surface area contributed by atoms with Crippen molar-refractivity contribution in [1.82, 2.24) is 0 Å². The third-order valence-corrected chi connectivity index (χ3v) is 6.39. The Balaban J connectivity index is 1.44. The minimum atomic E-state index is -0.645. The predicted molar refractivity (Wildman–Crippen MR) is 157 cm³/mol. The number of phenolic OH excluding ortho intramolecular Hbond substituents is 1. The molecule has 0 heterocycles. The van der Waals surface area contributed by atoms with Gasteiger partial charge in [-0.2, -0.15) is 0 Å². The van der Waals surface area contributed by atoms with Crippen molar-refractivity contribution >= 4 is 45.6 Å². The summed E-state index contributed by atoms with van der Waals surface area (Å²) in [6.07, 6.45) is 3.62. The van der Waals surface area contributed by atoms with E-state index >= 15 is 0 Å². The van der Waals surface area contributed by atoms with Crippen molar-refractivity contribution in [3.8, 4) is 5.75 Å². The molecule has 8 heteroatoms. The molecule has 4 aromatic rings. The van der Waals surface area contributed by atoms with Crippen molar-refractivity contribution < 1.29 is 24.2 Å². The molecule has 40 heavy (non-hydrogen) atoms. The van der Waals surface area contributed by atoms with Crippen LogP contribution in [0.1, 0.15) is 48.2 Å². The molecule has 5 N–H and O–H groups in total. The zero-order valence-electron chi connectivity index (χ0n) is 22.1.